The Labute approximate surface area is 552 Å². The fourth-order valence-electron chi connectivity index (χ4n) is 11.8. The minimum Gasteiger partial charge on any atom is -0.475 e. The first-order chi connectivity index (χ1) is 45.6. The van der Waals surface area contributed by atoms with Gasteiger partial charge in [-0.25, -0.2) is 4.79 Å². The number of halogens is 3. The first-order valence-corrected chi connectivity index (χ1v) is 32.2. The van der Waals surface area contributed by atoms with Crippen molar-refractivity contribution in [1.82, 2.24) is 57.3 Å². The van der Waals surface area contributed by atoms with Crippen molar-refractivity contribution in [2.45, 2.75) is 185 Å². The van der Waals surface area contributed by atoms with Crippen LogP contribution in [0.4, 0.5) is 13.2 Å². The third-order valence-corrected chi connectivity index (χ3v) is 16.8. The van der Waals surface area contributed by atoms with Crippen molar-refractivity contribution < 1.29 is 75.8 Å². The number of aromatic nitrogens is 1. The lowest BCUT2D eigenvalue weighted by Gasteiger charge is -2.31. The van der Waals surface area contributed by atoms with Gasteiger partial charge in [0.1, 0.15) is 54.4 Å². The molecule has 0 radical (unpaired) electrons. The number of nitrogens with zero attached hydrogens (tertiary/aromatic N) is 3. The van der Waals surface area contributed by atoms with E-state index < -0.39 is 144 Å². The number of unbranched alkanes of at least 4 members (excludes halogenated alkanes) is 1. The predicted octanol–water partition coefficient (Wildman–Crippen LogP) is 1.21. The number of carbonyl (C=O) groups is 12. The van der Waals surface area contributed by atoms with Gasteiger partial charge < -0.3 is 79.6 Å². The highest BCUT2D eigenvalue weighted by Gasteiger charge is 2.43. The van der Waals surface area contributed by atoms with Crippen molar-refractivity contribution in [2.24, 2.45) is 28.1 Å². The Kier molecular flexibility index (Phi) is 27.9. The summed E-state index contributed by atoms with van der Waals surface area (Å²) in [6.45, 7) is 6.93. The van der Waals surface area contributed by atoms with Gasteiger partial charge in [0, 0.05) is 63.0 Å². The van der Waals surface area contributed by atoms with Crippen molar-refractivity contribution >= 4 is 98.6 Å². The Morgan fingerprint density at radius 3 is 2.07 bits per heavy atom. The molecule has 11 amide bonds. The molecule has 9 atom stereocenters. The van der Waals surface area contributed by atoms with Crippen molar-refractivity contribution in [3.8, 4) is 0 Å². The number of nitrogens with two attached hydrogens (primary N) is 3. The number of aliphatic imine (C=N–C) groups is 1. The average molecular weight is 1340 g/mol. The van der Waals surface area contributed by atoms with Crippen LogP contribution in [0.5, 0.6) is 0 Å². The number of carboxylic acid groups (broad SMARTS) is 1. The topological polar surface area (TPSA) is 434 Å². The number of para-hydroxylation sites is 1. The Bertz CT molecular complexity index is 3490. The molecule has 0 saturated carbocycles. The van der Waals surface area contributed by atoms with Crippen molar-refractivity contribution in [3.63, 3.8) is 0 Å². The predicted molar refractivity (Wildman–Crippen MR) is 347 cm³/mol. The number of hydrogen-bond acceptors (Lipinski definition) is 13. The quantitative estimate of drug-likeness (QED) is 0.0357. The van der Waals surface area contributed by atoms with E-state index in [9.17, 15) is 51.5 Å². The van der Waals surface area contributed by atoms with Crippen LogP contribution in [0.25, 0.3) is 21.7 Å². The number of aromatic amines is 1. The molecule has 96 heavy (non-hydrogen) atoms. The number of rotatable bonds is 19. The number of aliphatic carboxylic acids is 1. The smallest absolute Gasteiger partial charge is 0.475 e. The fourth-order valence-corrected chi connectivity index (χ4v) is 11.8. The molecule has 3 fully saturated rings. The summed E-state index contributed by atoms with van der Waals surface area (Å²) in [5.41, 5.74) is 19.0. The Hall–Kier alpha value is -9.84. The first kappa shape index (κ1) is 75.2. The van der Waals surface area contributed by atoms with Crippen LogP contribution in [-0.4, -0.2) is 184 Å². The van der Waals surface area contributed by atoms with E-state index >= 15 is 14.4 Å². The second-order valence-corrected chi connectivity index (χ2v) is 24.5. The number of hydrogen-bond donors (Lipinski definition) is 13. The lowest BCUT2D eigenvalue weighted by atomic mass is 9.99. The largest absolute Gasteiger partial charge is 0.490 e. The maximum atomic E-state index is 15.1. The standard InChI is InChI=1S/C63H87N15O11.C2HF3O2/c1-5-6-19-44(70-37(4)79)55(82)75-49-34-52(80)67-27-12-11-21-45(57(84)76-53(36(2)3)62(89)77-29-14-23-50(77)54(64)81)71-59(86)48(33-41-35-69-43-20-10-9-18-42(41)43)73-56(83)46(22-13-28-68-63(65)66)72-58(85)47(74-60(87)51-24-15-30-78(51)61(49)88)32-38-25-26-39-16-7-8-17-40(39)31-38;3-2(4,5)1(6)7/h7-10,16-18,20,25-26,31,35-36,44-51,53,69H,5-6,11-15,19,21-24,27-30,32-34H2,1-4H3,(H2,64,81)(H,67,80)(H,70,79)(H,71,86)(H,72,85)(H,73,83)(H,74,87)(H,75,82)(H,76,84)(H4,65,66,68);(H,6,7)/t44-,45-,46-,47+,48-,49-,50+,51-,53+;/m0./s1. The number of H-pyrrole nitrogens is 1. The van der Waals surface area contributed by atoms with Gasteiger partial charge >= 0.3 is 12.1 Å². The zero-order chi connectivity index (χ0) is 70.4. The van der Waals surface area contributed by atoms with Gasteiger partial charge in [-0.05, 0) is 98.1 Å². The number of carbonyl (C=O) groups excluding carboxylic acids is 11. The van der Waals surface area contributed by atoms with E-state index in [1.165, 1.54) is 16.7 Å². The number of amides is 11. The number of primary amides is 1. The summed E-state index contributed by atoms with van der Waals surface area (Å²) in [7, 11) is 0. The van der Waals surface area contributed by atoms with Gasteiger partial charge in [0.15, 0.2) is 5.96 Å². The number of carboxylic acids is 1. The molecule has 3 aliphatic heterocycles. The monoisotopic (exact) mass is 1340 g/mol. The zero-order valence-electron chi connectivity index (χ0n) is 54.2. The fraction of sp³-hybridized carbons (Fsp3) is 0.523. The summed E-state index contributed by atoms with van der Waals surface area (Å²) in [4.78, 5) is 176. The summed E-state index contributed by atoms with van der Waals surface area (Å²) in [5.74, 6) is -11.2. The van der Waals surface area contributed by atoms with Crippen molar-refractivity contribution in [1.29, 1.82) is 0 Å². The van der Waals surface area contributed by atoms with Gasteiger partial charge in [0.25, 0.3) is 0 Å². The summed E-state index contributed by atoms with van der Waals surface area (Å²) < 4.78 is 31.7. The van der Waals surface area contributed by atoms with Crippen LogP contribution in [0.15, 0.2) is 77.9 Å². The van der Waals surface area contributed by atoms with Gasteiger partial charge in [0.2, 0.25) is 65.0 Å². The molecule has 31 heteroatoms. The van der Waals surface area contributed by atoms with E-state index in [1.807, 2.05) is 67.6 Å². The molecule has 4 aromatic rings. The number of fused-ring (bicyclic) bond motifs is 3. The maximum Gasteiger partial charge on any atom is 0.490 e. The SMILES string of the molecule is CCCC[C@H](NC(C)=O)C(=O)N[C@H]1CC(=O)NCCCC[C@@H](C(=O)N[C@@H](C(=O)N2CCC[C@@H]2C(N)=O)C(C)C)NC(=O)[C@H](Cc2c[nH]c3ccccc23)NC(=O)[C@H](CCCN=C(N)N)NC(=O)[C@@H](Cc2ccc3ccccc3c2)NC(=O)[C@@H]2CCCN2C1=O.O=C(O)C(F)(F)F. The molecular formula is C65H88F3N15O13. The number of alkyl halides is 3. The molecule has 3 saturated heterocycles. The highest BCUT2D eigenvalue weighted by Crippen LogP contribution is 2.25. The highest BCUT2D eigenvalue weighted by atomic mass is 19.4. The van der Waals surface area contributed by atoms with E-state index in [0.29, 0.717) is 43.2 Å². The third kappa shape index (κ3) is 21.9. The summed E-state index contributed by atoms with van der Waals surface area (Å²) >= 11 is 0. The van der Waals surface area contributed by atoms with Gasteiger partial charge in [0.05, 0.1) is 6.42 Å². The second-order valence-electron chi connectivity index (χ2n) is 24.5. The minimum atomic E-state index is -5.08. The minimum absolute atomic E-state index is 0.00421. The lowest BCUT2D eigenvalue weighted by molar-refractivity contribution is -0.192. The molecule has 0 bridgehead atoms. The Morgan fingerprint density at radius 2 is 1.40 bits per heavy atom. The molecule has 3 aromatic carbocycles. The molecule has 1 aromatic heterocycles. The van der Waals surface area contributed by atoms with Crippen LogP contribution in [0.1, 0.15) is 122 Å². The van der Waals surface area contributed by atoms with E-state index in [0.717, 1.165) is 21.7 Å². The van der Waals surface area contributed by atoms with E-state index in [-0.39, 0.29) is 89.9 Å². The van der Waals surface area contributed by atoms with Gasteiger partial charge in [-0.3, -0.25) is 57.7 Å². The van der Waals surface area contributed by atoms with Crippen molar-refractivity contribution in [2.75, 3.05) is 26.2 Å². The molecule has 3 aliphatic rings. The van der Waals surface area contributed by atoms with Crippen LogP contribution in [0.3, 0.4) is 0 Å². The number of likely N-dealkylation sites (tertiary alicyclic amines) is 1. The highest BCUT2D eigenvalue weighted by molar-refractivity contribution is 6.00. The number of nitrogens with one attached hydrogen (secondary N) is 9. The molecule has 522 valence electrons. The number of benzene rings is 3. The van der Waals surface area contributed by atoms with Gasteiger partial charge in [-0.2, -0.15) is 13.2 Å². The first-order valence-electron chi connectivity index (χ1n) is 32.2. The zero-order valence-corrected chi connectivity index (χ0v) is 54.2. The Balaban J connectivity index is 0.00000197. The summed E-state index contributed by atoms with van der Waals surface area (Å²) in [5, 5.41) is 32.0. The maximum absolute atomic E-state index is 15.1. The molecule has 16 N–H and O–H groups in total. The van der Waals surface area contributed by atoms with E-state index in [1.54, 1.807) is 26.1 Å². The normalized spacial score (nSPS) is 21.8. The molecular weight excluding hydrogens is 1260 g/mol. The molecule has 4 heterocycles. The van der Waals surface area contributed by atoms with Crippen LogP contribution in [0.2, 0.25) is 0 Å². The van der Waals surface area contributed by atoms with Crippen LogP contribution >= 0.6 is 0 Å². The average Bonchev–Trinajstić information content (AvgIpc) is 1.58. The van der Waals surface area contributed by atoms with Crippen LogP contribution < -0.4 is 59.7 Å². The number of guanidine groups is 1. The lowest BCUT2D eigenvalue weighted by Crippen LogP contribution is -2.61. The molecule has 7 rings (SSSR count). The van der Waals surface area contributed by atoms with E-state index in [2.05, 4.69) is 52.5 Å². The summed E-state index contributed by atoms with van der Waals surface area (Å²) in [6, 6.07) is 9.02. The molecule has 0 unspecified atom stereocenters. The van der Waals surface area contributed by atoms with Crippen LogP contribution in [0, 0.1) is 5.92 Å². The molecule has 0 spiro atoms. The van der Waals surface area contributed by atoms with Gasteiger partial charge in [-0.1, -0.05) is 94.3 Å². The van der Waals surface area contributed by atoms with Gasteiger partial charge in [-0.15, -0.1) is 0 Å². The summed E-state index contributed by atoms with van der Waals surface area (Å²) in [6.07, 6.45) is -0.973. The molecule has 0 aliphatic carbocycles. The van der Waals surface area contributed by atoms with E-state index in [4.69, 9.17) is 27.1 Å². The Morgan fingerprint density at radius 1 is 0.750 bits per heavy atom. The van der Waals surface area contributed by atoms with Crippen molar-refractivity contribution in [3.05, 3.63) is 84.1 Å². The van der Waals surface area contributed by atoms with Crippen LogP contribution in [-0.2, 0) is 70.4 Å². The second kappa shape index (κ2) is 35.6. The molecule has 28 nitrogen and oxygen atoms in total. The third-order valence-electron chi connectivity index (χ3n) is 16.8.